The molecule has 0 aromatic carbocycles. The maximum atomic E-state index is 5.77. The highest BCUT2D eigenvalue weighted by Crippen LogP contribution is 2.31. The number of nitrogens with zero attached hydrogens (tertiary/aromatic N) is 7. The maximum Gasteiger partial charge on any atom is 0.180 e. The summed E-state index contributed by atoms with van der Waals surface area (Å²) in [6, 6.07) is 1.96. The summed E-state index contributed by atoms with van der Waals surface area (Å²) in [6.45, 7) is 0.519. The number of aryl methyl sites for hydroxylation is 1. The van der Waals surface area contributed by atoms with Crippen LogP contribution in [0.15, 0.2) is 43.2 Å². The third-order valence-corrected chi connectivity index (χ3v) is 5.30. The number of thiophene rings is 1. The van der Waals surface area contributed by atoms with Crippen molar-refractivity contribution in [3.8, 4) is 11.3 Å². The SMILES string of the molecule is Cn1cc(-c2cnc3c(Nc4cc5nccnc5s4)nc(CCN)cn23)cn1. The topological polar surface area (TPSA) is 112 Å². The van der Waals surface area contributed by atoms with Crippen LogP contribution in [0.3, 0.4) is 0 Å². The number of fused-ring (bicyclic) bond motifs is 2. The summed E-state index contributed by atoms with van der Waals surface area (Å²) in [6.07, 6.45) is 11.6. The highest BCUT2D eigenvalue weighted by molar-refractivity contribution is 7.22. The Bertz CT molecular complexity index is 1250. The third kappa shape index (κ3) is 2.88. The molecule has 9 nitrogen and oxygen atoms in total. The molecule has 0 bridgehead atoms. The first kappa shape index (κ1) is 16.8. The first-order valence-electron chi connectivity index (χ1n) is 8.75. The normalized spacial score (nSPS) is 11.5. The molecule has 0 atom stereocenters. The lowest BCUT2D eigenvalue weighted by Crippen LogP contribution is -2.08. The van der Waals surface area contributed by atoms with Crippen molar-refractivity contribution in [3.05, 3.63) is 48.9 Å². The molecule has 0 aliphatic carbocycles. The van der Waals surface area contributed by atoms with Gasteiger partial charge in [0.25, 0.3) is 0 Å². The zero-order chi connectivity index (χ0) is 19.1. The van der Waals surface area contributed by atoms with Crippen LogP contribution in [0.4, 0.5) is 10.8 Å². The van der Waals surface area contributed by atoms with Crippen molar-refractivity contribution in [2.45, 2.75) is 6.42 Å². The predicted molar refractivity (Wildman–Crippen MR) is 109 cm³/mol. The van der Waals surface area contributed by atoms with Gasteiger partial charge in [0, 0.05) is 49.9 Å². The molecule has 0 unspecified atom stereocenters. The Hall–Kier alpha value is -3.37. The van der Waals surface area contributed by atoms with Crippen LogP contribution in [-0.2, 0) is 13.5 Å². The summed E-state index contributed by atoms with van der Waals surface area (Å²) in [4.78, 5) is 18.9. The van der Waals surface area contributed by atoms with E-state index in [0.29, 0.717) is 18.8 Å². The molecule has 0 aliphatic heterocycles. The molecule has 140 valence electrons. The smallest absolute Gasteiger partial charge is 0.180 e. The van der Waals surface area contributed by atoms with Gasteiger partial charge >= 0.3 is 0 Å². The standard InChI is InChI=1S/C18H17N9S/c1-26-9-11(7-23-26)14-8-22-17-16(24-12(2-3-19)10-27(14)17)25-15-6-13-18(28-15)21-5-4-20-13/h4-10H,2-3,19H2,1H3,(H,24,25). The monoisotopic (exact) mass is 391 g/mol. The van der Waals surface area contributed by atoms with Crippen molar-refractivity contribution in [2.24, 2.45) is 12.8 Å². The van der Waals surface area contributed by atoms with E-state index in [1.807, 2.05) is 42.3 Å². The molecule has 0 spiro atoms. The van der Waals surface area contributed by atoms with E-state index in [0.717, 1.165) is 37.9 Å². The molecule has 5 rings (SSSR count). The maximum absolute atomic E-state index is 5.77. The second-order valence-corrected chi connectivity index (χ2v) is 7.37. The molecule has 0 radical (unpaired) electrons. The van der Waals surface area contributed by atoms with Gasteiger partial charge in [-0.1, -0.05) is 11.3 Å². The molecule has 0 aliphatic rings. The van der Waals surface area contributed by atoms with E-state index in [1.54, 1.807) is 17.1 Å². The molecule has 5 aromatic rings. The van der Waals surface area contributed by atoms with Gasteiger partial charge in [-0.05, 0) is 6.54 Å². The van der Waals surface area contributed by atoms with Crippen LogP contribution >= 0.6 is 11.3 Å². The van der Waals surface area contributed by atoms with Crippen LogP contribution in [0.25, 0.3) is 27.3 Å². The first-order valence-corrected chi connectivity index (χ1v) is 9.56. The molecule has 0 saturated carbocycles. The van der Waals surface area contributed by atoms with Gasteiger partial charge in [0.05, 0.1) is 28.8 Å². The highest BCUT2D eigenvalue weighted by Gasteiger charge is 2.15. The zero-order valence-electron chi connectivity index (χ0n) is 15.1. The van der Waals surface area contributed by atoms with Crippen LogP contribution in [0.5, 0.6) is 0 Å². The minimum absolute atomic E-state index is 0.519. The Kier molecular flexibility index (Phi) is 3.99. The lowest BCUT2D eigenvalue weighted by molar-refractivity contribution is 0.768. The van der Waals surface area contributed by atoms with Gasteiger partial charge in [0.1, 0.15) is 10.3 Å². The minimum Gasteiger partial charge on any atom is -0.330 e. The molecule has 0 amide bonds. The van der Waals surface area contributed by atoms with Crippen LogP contribution in [0.2, 0.25) is 0 Å². The third-order valence-electron chi connectivity index (χ3n) is 4.35. The number of aromatic nitrogens is 7. The Morgan fingerprint density at radius 3 is 2.82 bits per heavy atom. The lowest BCUT2D eigenvalue weighted by Gasteiger charge is -2.09. The van der Waals surface area contributed by atoms with E-state index in [2.05, 4.69) is 25.4 Å². The molecule has 0 saturated heterocycles. The summed E-state index contributed by atoms with van der Waals surface area (Å²) >= 11 is 1.53. The number of hydrogen-bond donors (Lipinski definition) is 2. The lowest BCUT2D eigenvalue weighted by atomic mass is 10.2. The van der Waals surface area contributed by atoms with Gasteiger partial charge in [0.2, 0.25) is 0 Å². The van der Waals surface area contributed by atoms with E-state index < -0.39 is 0 Å². The average molecular weight is 391 g/mol. The molecule has 28 heavy (non-hydrogen) atoms. The summed E-state index contributed by atoms with van der Waals surface area (Å²) in [5, 5.41) is 8.56. The fourth-order valence-electron chi connectivity index (χ4n) is 3.11. The molecular formula is C18H17N9S. The molecule has 10 heteroatoms. The average Bonchev–Trinajstić information content (AvgIpc) is 3.39. The second kappa shape index (κ2) is 6.66. The Morgan fingerprint density at radius 1 is 1.14 bits per heavy atom. The van der Waals surface area contributed by atoms with Gasteiger partial charge in [-0.25, -0.2) is 15.0 Å². The Morgan fingerprint density at radius 2 is 2.04 bits per heavy atom. The Labute approximate surface area is 163 Å². The number of nitrogens with two attached hydrogens (primary N) is 1. The summed E-state index contributed by atoms with van der Waals surface area (Å²) in [5.41, 5.74) is 10.2. The quantitative estimate of drug-likeness (QED) is 0.473. The fourth-order valence-corrected chi connectivity index (χ4v) is 3.96. The van der Waals surface area contributed by atoms with Crippen molar-refractivity contribution in [2.75, 3.05) is 11.9 Å². The van der Waals surface area contributed by atoms with Gasteiger partial charge in [-0.2, -0.15) is 5.10 Å². The summed E-state index contributed by atoms with van der Waals surface area (Å²) in [7, 11) is 1.89. The van der Waals surface area contributed by atoms with Gasteiger partial charge in [-0.3, -0.25) is 14.1 Å². The van der Waals surface area contributed by atoms with Crippen molar-refractivity contribution >= 4 is 38.2 Å². The van der Waals surface area contributed by atoms with Gasteiger partial charge in [-0.15, -0.1) is 0 Å². The fraction of sp³-hybridized carbons (Fsp3) is 0.167. The van der Waals surface area contributed by atoms with Crippen LogP contribution in [-0.4, -0.2) is 40.7 Å². The van der Waals surface area contributed by atoms with Crippen molar-refractivity contribution < 1.29 is 0 Å². The molecule has 5 heterocycles. The first-order chi connectivity index (χ1) is 13.7. The van der Waals surface area contributed by atoms with E-state index >= 15 is 0 Å². The number of anilines is 2. The second-order valence-electron chi connectivity index (χ2n) is 6.34. The summed E-state index contributed by atoms with van der Waals surface area (Å²) < 4.78 is 3.80. The largest absolute Gasteiger partial charge is 0.330 e. The molecular weight excluding hydrogens is 374 g/mol. The summed E-state index contributed by atoms with van der Waals surface area (Å²) in [5.74, 6) is 0.674. The van der Waals surface area contributed by atoms with E-state index in [1.165, 1.54) is 11.3 Å². The van der Waals surface area contributed by atoms with Crippen molar-refractivity contribution in [1.29, 1.82) is 0 Å². The van der Waals surface area contributed by atoms with Gasteiger partial charge < -0.3 is 11.1 Å². The number of hydrogen-bond acceptors (Lipinski definition) is 8. The van der Waals surface area contributed by atoms with Crippen molar-refractivity contribution in [1.82, 2.24) is 34.1 Å². The van der Waals surface area contributed by atoms with E-state index in [4.69, 9.17) is 10.7 Å². The number of nitrogens with one attached hydrogen (secondary N) is 1. The highest BCUT2D eigenvalue weighted by atomic mass is 32.1. The van der Waals surface area contributed by atoms with Crippen molar-refractivity contribution in [3.63, 3.8) is 0 Å². The Balaban J connectivity index is 1.63. The number of rotatable bonds is 5. The molecule has 5 aromatic heterocycles. The van der Waals surface area contributed by atoms with Crippen LogP contribution in [0.1, 0.15) is 5.69 Å². The van der Waals surface area contributed by atoms with E-state index in [9.17, 15) is 0 Å². The minimum atomic E-state index is 0.519. The van der Waals surface area contributed by atoms with E-state index in [-0.39, 0.29) is 0 Å². The molecule has 3 N–H and O–H groups in total. The van der Waals surface area contributed by atoms with Gasteiger partial charge in [0.15, 0.2) is 11.5 Å². The predicted octanol–water partition coefficient (Wildman–Crippen LogP) is 2.38. The van der Waals surface area contributed by atoms with Crippen LogP contribution < -0.4 is 11.1 Å². The zero-order valence-corrected chi connectivity index (χ0v) is 15.9. The number of imidazole rings is 1. The van der Waals surface area contributed by atoms with Crippen LogP contribution in [0, 0.1) is 0 Å². The molecule has 0 fully saturated rings.